The molecule has 0 aliphatic carbocycles. The van der Waals surface area contributed by atoms with E-state index in [-0.39, 0.29) is 18.6 Å². The van der Waals surface area contributed by atoms with E-state index in [0.717, 1.165) is 30.6 Å². The second-order valence-corrected chi connectivity index (χ2v) is 8.08. The summed E-state index contributed by atoms with van der Waals surface area (Å²) in [5.74, 6) is 2.09. The lowest BCUT2D eigenvalue weighted by atomic mass is 10.1. The number of halogens is 1. The Hall–Kier alpha value is -2.64. The van der Waals surface area contributed by atoms with Crippen LogP contribution >= 0.6 is 11.6 Å². The van der Waals surface area contributed by atoms with Crippen molar-refractivity contribution in [3.8, 4) is 23.0 Å². The second-order valence-electron chi connectivity index (χ2n) is 7.64. The van der Waals surface area contributed by atoms with Crippen molar-refractivity contribution in [3.63, 3.8) is 0 Å². The van der Waals surface area contributed by atoms with Gasteiger partial charge in [0.05, 0.1) is 27.4 Å². The van der Waals surface area contributed by atoms with Crippen LogP contribution < -0.4 is 18.9 Å². The summed E-state index contributed by atoms with van der Waals surface area (Å²) in [6.07, 6.45) is 1.94. The number of carbonyl (C=O) groups excluding carboxylic acids is 1. The number of rotatable bonds is 10. The summed E-state index contributed by atoms with van der Waals surface area (Å²) in [7, 11) is 4.70. The lowest BCUT2D eigenvalue weighted by Gasteiger charge is -2.26. The smallest absolute Gasteiger partial charge is 0.260 e. The molecule has 1 saturated heterocycles. The fourth-order valence-corrected chi connectivity index (χ4v) is 3.97. The van der Waals surface area contributed by atoms with Crippen LogP contribution in [0.25, 0.3) is 0 Å². The van der Waals surface area contributed by atoms with Crippen LogP contribution in [0.2, 0.25) is 5.02 Å². The fourth-order valence-electron chi connectivity index (χ4n) is 3.74. The van der Waals surface area contributed by atoms with Crippen LogP contribution in [0.3, 0.4) is 0 Å². The van der Waals surface area contributed by atoms with E-state index in [2.05, 4.69) is 0 Å². The molecule has 8 heteroatoms. The minimum absolute atomic E-state index is 0.0123. The van der Waals surface area contributed by atoms with Crippen molar-refractivity contribution in [2.24, 2.45) is 0 Å². The summed E-state index contributed by atoms with van der Waals surface area (Å²) in [5.41, 5.74) is 1.73. The van der Waals surface area contributed by atoms with Gasteiger partial charge >= 0.3 is 0 Å². The zero-order valence-electron chi connectivity index (χ0n) is 19.0. The molecule has 1 amide bonds. The van der Waals surface area contributed by atoms with Crippen LogP contribution in [0.1, 0.15) is 24.0 Å². The first kappa shape index (κ1) is 24.0. The van der Waals surface area contributed by atoms with Crippen molar-refractivity contribution >= 4 is 17.5 Å². The molecule has 3 rings (SSSR count). The predicted octanol–water partition coefficient (Wildman–Crippen LogP) is 4.26. The first-order valence-corrected chi connectivity index (χ1v) is 10.9. The summed E-state index contributed by atoms with van der Waals surface area (Å²) < 4.78 is 27.9. The molecule has 2 aromatic carbocycles. The topological polar surface area (TPSA) is 66.5 Å². The third-order valence-corrected chi connectivity index (χ3v) is 5.62. The maximum atomic E-state index is 13.2. The normalized spacial score (nSPS) is 15.3. The van der Waals surface area contributed by atoms with Gasteiger partial charge in [-0.1, -0.05) is 11.6 Å². The molecule has 1 aliphatic heterocycles. The molecule has 0 N–H and O–H groups in total. The van der Waals surface area contributed by atoms with E-state index in [4.69, 9.17) is 35.3 Å². The Morgan fingerprint density at radius 2 is 1.81 bits per heavy atom. The number of nitrogens with zero attached hydrogens (tertiary/aromatic N) is 1. The van der Waals surface area contributed by atoms with Crippen molar-refractivity contribution in [2.75, 3.05) is 41.1 Å². The Kier molecular flexibility index (Phi) is 8.47. The highest BCUT2D eigenvalue weighted by Crippen LogP contribution is 2.38. The third-order valence-electron chi connectivity index (χ3n) is 5.39. The summed E-state index contributed by atoms with van der Waals surface area (Å²) in [6.45, 7) is 3.37. The van der Waals surface area contributed by atoms with Gasteiger partial charge in [-0.3, -0.25) is 4.79 Å². The number of aryl methyl sites for hydroxylation is 1. The van der Waals surface area contributed by atoms with E-state index >= 15 is 0 Å². The molecule has 7 nitrogen and oxygen atoms in total. The highest BCUT2D eigenvalue weighted by atomic mass is 35.5. The van der Waals surface area contributed by atoms with Crippen molar-refractivity contribution in [1.29, 1.82) is 0 Å². The maximum Gasteiger partial charge on any atom is 0.260 e. The van der Waals surface area contributed by atoms with Crippen LogP contribution in [0.4, 0.5) is 0 Å². The van der Waals surface area contributed by atoms with Gasteiger partial charge in [0.25, 0.3) is 5.91 Å². The van der Waals surface area contributed by atoms with E-state index in [1.807, 2.05) is 19.1 Å². The van der Waals surface area contributed by atoms with E-state index in [9.17, 15) is 4.79 Å². The lowest BCUT2D eigenvalue weighted by Crippen LogP contribution is -2.39. The quantitative estimate of drug-likeness (QED) is 0.524. The largest absolute Gasteiger partial charge is 0.493 e. The molecule has 0 aromatic heterocycles. The van der Waals surface area contributed by atoms with Crippen molar-refractivity contribution in [2.45, 2.75) is 32.4 Å². The first-order chi connectivity index (χ1) is 15.4. The molecule has 32 heavy (non-hydrogen) atoms. The van der Waals surface area contributed by atoms with Crippen LogP contribution in [0, 0.1) is 6.92 Å². The van der Waals surface area contributed by atoms with E-state index in [0.29, 0.717) is 41.1 Å². The molecule has 0 radical (unpaired) electrons. The van der Waals surface area contributed by atoms with Gasteiger partial charge in [-0.25, -0.2) is 0 Å². The molecule has 174 valence electrons. The minimum atomic E-state index is -0.136. The van der Waals surface area contributed by atoms with Gasteiger partial charge in [0, 0.05) is 24.7 Å². The first-order valence-electron chi connectivity index (χ1n) is 10.5. The molecule has 1 fully saturated rings. The van der Waals surface area contributed by atoms with Gasteiger partial charge in [-0.05, 0) is 61.2 Å². The molecule has 2 aromatic rings. The predicted molar refractivity (Wildman–Crippen MR) is 122 cm³/mol. The Bertz CT molecular complexity index is 904. The maximum absolute atomic E-state index is 13.2. The SMILES string of the molecule is COc1cc(CN(C[C@H]2CCCO2)C(=O)COc2ccc(Cl)cc2C)cc(OC)c1OC. The highest BCUT2D eigenvalue weighted by Gasteiger charge is 2.24. The molecule has 1 aliphatic rings. The lowest BCUT2D eigenvalue weighted by molar-refractivity contribution is -0.135. The molecular formula is C24H30ClNO6. The number of hydrogen-bond donors (Lipinski definition) is 0. The van der Waals surface area contributed by atoms with Gasteiger partial charge in [-0.2, -0.15) is 0 Å². The van der Waals surface area contributed by atoms with Crippen LogP contribution in [0.15, 0.2) is 30.3 Å². The summed E-state index contributed by atoms with van der Waals surface area (Å²) >= 11 is 6.01. The van der Waals surface area contributed by atoms with Crippen molar-refractivity contribution < 1.29 is 28.5 Å². The van der Waals surface area contributed by atoms with Gasteiger partial charge in [0.15, 0.2) is 18.1 Å². The Labute approximate surface area is 194 Å². The van der Waals surface area contributed by atoms with Gasteiger partial charge < -0.3 is 28.6 Å². The molecule has 1 atom stereocenters. The molecule has 0 unspecified atom stereocenters. The number of ether oxygens (including phenoxy) is 5. The zero-order chi connectivity index (χ0) is 23.1. The third kappa shape index (κ3) is 5.99. The number of carbonyl (C=O) groups is 1. The van der Waals surface area contributed by atoms with Crippen molar-refractivity contribution in [3.05, 3.63) is 46.5 Å². The molecule has 0 spiro atoms. The summed E-state index contributed by atoms with van der Waals surface area (Å²) in [5, 5.41) is 0.628. The molecular weight excluding hydrogens is 434 g/mol. The van der Waals surface area contributed by atoms with Crippen LogP contribution in [0.5, 0.6) is 23.0 Å². The number of hydrogen-bond acceptors (Lipinski definition) is 6. The second kappa shape index (κ2) is 11.3. The zero-order valence-corrected chi connectivity index (χ0v) is 19.7. The Morgan fingerprint density at radius 1 is 1.09 bits per heavy atom. The van der Waals surface area contributed by atoms with Gasteiger partial charge in [0.1, 0.15) is 5.75 Å². The number of amides is 1. The van der Waals surface area contributed by atoms with Crippen LogP contribution in [-0.4, -0.2) is 58.0 Å². The summed E-state index contributed by atoms with van der Waals surface area (Å²) in [4.78, 5) is 14.9. The van der Waals surface area contributed by atoms with E-state index in [1.165, 1.54) is 0 Å². The van der Waals surface area contributed by atoms with Gasteiger partial charge in [0.2, 0.25) is 5.75 Å². The Morgan fingerprint density at radius 3 is 2.38 bits per heavy atom. The molecule has 0 saturated carbocycles. The average Bonchev–Trinajstić information content (AvgIpc) is 3.30. The Balaban J connectivity index is 1.78. The standard InChI is InChI=1S/C24H30ClNO6/c1-16-10-18(25)7-8-20(16)32-15-23(27)26(14-19-6-5-9-31-19)13-17-11-21(28-2)24(30-4)22(12-17)29-3/h7-8,10-12,19H,5-6,9,13-15H2,1-4H3/t19-/m1/s1. The number of methoxy groups -OCH3 is 3. The minimum Gasteiger partial charge on any atom is -0.493 e. The summed E-state index contributed by atoms with van der Waals surface area (Å²) in [6, 6.07) is 9.02. The van der Waals surface area contributed by atoms with Crippen LogP contribution in [-0.2, 0) is 16.1 Å². The molecule has 0 bridgehead atoms. The average molecular weight is 464 g/mol. The molecule has 1 heterocycles. The van der Waals surface area contributed by atoms with Crippen molar-refractivity contribution in [1.82, 2.24) is 4.90 Å². The van der Waals surface area contributed by atoms with E-state index < -0.39 is 0 Å². The van der Waals surface area contributed by atoms with E-state index in [1.54, 1.807) is 44.4 Å². The number of benzene rings is 2. The highest BCUT2D eigenvalue weighted by molar-refractivity contribution is 6.30. The monoisotopic (exact) mass is 463 g/mol. The van der Waals surface area contributed by atoms with Gasteiger partial charge in [-0.15, -0.1) is 0 Å². The fraction of sp³-hybridized carbons (Fsp3) is 0.458.